The molecule has 2 aliphatic heterocycles. The maximum atomic E-state index is 15.1. The van der Waals surface area contributed by atoms with E-state index in [9.17, 15) is 24.4 Å². The van der Waals surface area contributed by atoms with Crippen LogP contribution in [0.25, 0.3) is 0 Å². The highest BCUT2D eigenvalue weighted by atomic mass is 35.5. The Bertz CT molecular complexity index is 2210. The lowest BCUT2D eigenvalue weighted by Crippen LogP contribution is -2.66. The van der Waals surface area contributed by atoms with Gasteiger partial charge in [-0.2, -0.15) is 5.26 Å². The van der Waals surface area contributed by atoms with Crippen LogP contribution in [-0.2, 0) is 9.59 Å². The van der Waals surface area contributed by atoms with Gasteiger partial charge in [0.2, 0.25) is 0 Å². The van der Waals surface area contributed by atoms with Gasteiger partial charge in [0, 0.05) is 71.6 Å². The fourth-order valence-electron chi connectivity index (χ4n) is 10.1. The van der Waals surface area contributed by atoms with Crippen LogP contribution in [0.1, 0.15) is 111 Å². The molecule has 1 amide bonds. The molecule has 0 radical (unpaired) electrons. The molecule has 4 aliphatic rings. The maximum absolute atomic E-state index is 15.1. The standard InChI is InChI=1S/C48H52ClFN4O5/c1-47(2)44(48(3,4)46(47)59-37-14-11-33(29-51)39(49)27-37)28-42(56)32-9-7-30(8-10-32)5-6-31-17-21-53(22-18-31)34-19-23-54(24-20-34)35-12-15-38(40(50)25-35)45(58)52-41-16-13-36(55)26-43(41)57/h7-12,14-15,25,27,31,34,41,44,46H,13,16-24,26,28H2,1-4H3,(H,52,58)/t41-,44?,46?/m0/s1. The summed E-state index contributed by atoms with van der Waals surface area (Å²) < 4.78 is 21.5. The van der Waals surface area contributed by atoms with Crippen molar-refractivity contribution in [2.45, 2.75) is 97.2 Å². The Hall–Kier alpha value is -5.03. The average Bonchev–Trinajstić information content (AvgIpc) is 3.22. The van der Waals surface area contributed by atoms with E-state index < -0.39 is 17.8 Å². The van der Waals surface area contributed by atoms with Gasteiger partial charge in [0.05, 0.1) is 28.6 Å². The number of nitrogens with one attached hydrogen (secondary N) is 1. The van der Waals surface area contributed by atoms with Gasteiger partial charge in [-0.15, -0.1) is 0 Å². The first kappa shape index (κ1) is 42.1. The van der Waals surface area contributed by atoms with E-state index in [4.69, 9.17) is 16.3 Å². The largest absolute Gasteiger partial charge is 0.489 e. The van der Waals surface area contributed by atoms with E-state index in [0.717, 1.165) is 63.1 Å². The number of benzene rings is 3. The van der Waals surface area contributed by atoms with Crippen molar-refractivity contribution in [2.24, 2.45) is 22.7 Å². The normalized spacial score (nSPS) is 23.3. The summed E-state index contributed by atoms with van der Waals surface area (Å²) in [6.45, 7) is 12.1. The van der Waals surface area contributed by atoms with E-state index in [1.165, 1.54) is 12.1 Å². The number of piperidine rings is 2. The van der Waals surface area contributed by atoms with Gasteiger partial charge in [0.1, 0.15) is 29.5 Å². The number of hydrogen-bond donors (Lipinski definition) is 1. The second-order valence-corrected chi connectivity index (χ2v) is 18.3. The predicted octanol–water partition coefficient (Wildman–Crippen LogP) is 8.21. The number of anilines is 1. The lowest BCUT2D eigenvalue weighted by molar-refractivity contribution is -0.196. The van der Waals surface area contributed by atoms with Gasteiger partial charge in [-0.05, 0) is 93.6 Å². The number of hydrogen-bond acceptors (Lipinski definition) is 8. The number of carbonyl (C=O) groups is 4. The number of rotatable bonds is 9. The van der Waals surface area contributed by atoms with E-state index in [0.29, 0.717) is 40.3 Å². The number of nitrogens with zero attached hydrogens (tertiary/aromatic N) is 3. The second kappa shape index (κ2) is 17.3. The van der Waals surface area contributed by atoms with Gasteiger partial charge in [-0.25, -0.2) is 4.39 Å². The smallest absolute Gasteiger partial charge is 0.254 e. The van der Waals surface area contributed by atoms with Crippen LogP contribution in [0.2, 0.25) is 5.02 Å². The first-order valence-electron chi connectivity index (χ1n) is 20.8. The lowest BCUT2D eigenvalue weighted by Gasteiger charge is -2.63. The van der Waals surface area contributed by atoms with Crippen molar-refractivity contribution in [3.8, 4) is 23.7 Å². The molecule has 0 aromatic heterocycles. The molecule has 0 unspecified atom stereocenters. The molecule has 3 aromatic rings. The Morgan fingerprint density at radius 2 is 1.61 bits per heavy atom. The lowest BCUT2D eigenvalue weighted by atomic mass is 9.44. The summed E-state index contributed by atoms with van der Waals surface area (Å²) in [5.41, 5.74) is 2.12. The third-order valence-electron chi connectivity index (χ3n) is 13.3. The molecule has 0 spiro atoms. The van der Waals surface area contributed by atoms with Crippen LogP contribution in [0.4, 0.5) is 10.1 Å². The molecule has 3 aromatic carbocycles. The highest BCUT2D eigenvalue weighted by molar-refractivity contribution is 6.31. The van der Waals surface area contributed by atoms with Crippen LogP contribution in [0.5, 0.6) is 5.75 Å². The Morgan fingerprint density at radius 3 is 2.24 bits per heavy atom. The third kappa shape index (κ3) is 9.10. The van der Waals surface area contributed by atoms with Crippen molar-refractivity contribution in [1.29, 1.82) is 5.26 Å². The average molecular weight is 819 g/mol. The van der Waals surface area contributed by atoms with E-state index in [-0.39, 0.29) is 65.0 Å². The SMILES string of the molecule is CC1(C)C(CC(=O)c2ccc(C#CC3CCN(C4CCN(c5ccc(C(=O)N[C@H]6CCC(=O)CC6=O)c(F)c5)CC4)CC3)cc2)C(C)(C)C1Oc1ccc(C#N)c(Cl)c1. The molecule has 2 saturated heterocycles. The Labute approximate surface area is 351 Å². The van der Waals surface area contributed by atoms with Crippen molar-refractivity contribution < 1.29 is 28.3 Å². The van der Waals surface area contributed by atoms with Crippen molar-refractivity contribution in [2.75, 3.05) is 31.1 Å². The second-order valence-electron chi connectivity index (χ2n) is 17.9. The predicted molar refractivity (Wildman–Crippen MR) is 225 cm³/mol. The molecule has 59 heavy (non-hydrogen) atoms. The first-order chi connectivity index (χ1) is 28.1. The van der Waals surface area contributed by atoms with Crippen molar-refractivity contribution in [3.05, 3.63) is 93.8 Å². The van der Waals surface area contributed by atoms with Crippen LogP contribution in [0, 0.1) is 51.7 Å². The highest BCUT2D eigenvalue weighted by Gasteiger charge is 2.63. The van der Waals surface area contributed by atoms with E-state index >= 15 is 4.39 Å². The summed E-state index contributed by atoms with van der Waals surface area (Å²) >= 11 is 6.25. The molecule has 9 nitrogen and oxygen atoms in total. The monoisotopic (exact) mass is 818 g/mol. The summed E-state index contributed by atoms with van der Waals surface area (Å²) in [5.74, 6) is 6.27. The van der Waals surface area contributed by atoms with Gasteiger partial charge >= 0.3 is 0 Å². The zero-order chi connectivity index (χ0) is 42.1. The van der Waals surface area contributed by atoms with Gasteiger partial charge in [0.25, 0.3) is 5.91 Å². The third-order valence-corrected chi connectivity index (χ3v) is 13.6. The number of nitriles is 1. The zero-order valence-electron chi connectivity index (χ0n) is 34.3. The molecule has 1 N–H and O–H groups in total. The van der Waals surface area contributed by atoms with E-state index in [2.05, 4.69) is 60.7 Å². The van der Waals surface area contributed by atoms with Crippen molar-refractivity contribution >= 4 is 40.5 Å². The van der Waals surface area contributed by atoms with Gasteiger partial charge in [0.15, 0.2) is 11.6 Å². The first-order valence-corrected chi connectivity index (χ1v) is 21.2. The summed E-state index contributed by atoms with van der Waals surface area (Å²) in [6, 6.07) is 19.2. The molecule has 11 heteroatoms. The maximum Gasteiger partial charge on any atom is 0.254 e. The summed E-state index contributed by atoms with van der Waals surface area (Å²) in [4.78, 5) is 54.6. The molecule has 2 aliphatic carbocycles. The number of ether oxygens (including phenoxy) is 1. The Kier molecular flexibility index (Phi) is 12.3. The fraction of sp³-hybridized carbons (Fsp3) is 0.479. The van der Waals surface area contributed by atoms with E-state index in [1.807, 2.05) is 24.3 Å². The molecule has 0 bridgehead atoms. The van der Waals surface area contributed by atoms with Crippen LogP contribution in [0.3, 0.4) is 0 Å². The summed E-state index contributed by atoms with van der Waals surface area (Å²) in [7, 11) is 0. The minimum Gasteiger partial charge on any atom is -0.489 e. The molecular formula is C48H52ClFN4O5. The number of carbonyl (C=O) groups excluding carboxylic acids is 4. The van der Waals surface area contributed by atoms with Crippen LogP contribution in [0.15, 0.2) is 60.7 Å². The van der Waals surface area contributed by atoms with Crippen LogP contribution >= 0.6 is 11.6 Å². The molecular weight excluding hydrogens is 767 g/mol. The highest BCUT2D eigenvalue weighted by Crippen LogP contribution is 2.61. The number of ketones is 3. The van der Waals surface area contributed by atoms with Crippen molar-refractivity contribution in [1.82, 2.24) is 10.2 Å². The minimum atomic E-state index is -0.752. The molecule has 2 heterocycles. The molecule has 308 valence electrons. The van der Waals surface area contributed by atoms with Gasteiger partial charge < -0.3 is 19.9 Å². The Morgan fingerprint density at radius 1 is 0.915 bits per heavy atom. The Balaban J connectivity index is 0.848. The number of Topliss-reactive ketones (excluding diaryl/α,β-unsaturated/α-hetero) is 3. The quantitative estimate of drug-likeness (QED) is 0.130. The van der Waals surface area contributed by atoms with Gasteiger partial charge in [-0.3, -0.25) is 19.2 Å². The molecule has 2 saturated carbocycles. The molecule has 1 atom stereocenters. The number of likely N-dealkylation sites (tertiary alicyclic amines) is 1. The molecule has 4 fully saturated rings. The van der Waals surface area contributed by atoms with Gasteiger partial charge in [-0.1, -0.05) is 63.3 Å². The zero-order valence-corrected chi connectivity index (χ0v) is 35.0. The fourth-order valence-corrected chi connectivity index (χ4v) is 10.3. The van der Waals surface area contributed by atoms with Crippen LogP contribution in [-0.4, -0.2) is 72.5 Å². The number of amides is 1. The number of halogens is 2. The summed E-state index contributed by atoms with van der Waals surface area (Å²) in [5, 5.41) is 12.2. The topological polar surface area (TPSA) is 120 Å². The minimum absolute atomic E-state index is 0.102. The molecule has 7 rings (SSSR count). The van der Waals surface area contributed by atoms with Crippen molar-refractivity contribution in [3.63, 3.8) is 0 Å². The van der Waals surface area contributed by atoms with Crippen LogP contribution < -0.4 is 15.0 Å². The summed E-state index contributed by atoms with van der Waals surface area (Å²) in [6.07, 6.45) is 4.52. The van der Waals surface area contributed by atoms with E-state index in [1.54, 1.807) is 24.3 Å².